The summed E-state index contributed by atoms with van der Waals surface area (Å²) >= 11 is 0. The number of para-hydroxylation sites is 1. The van der Waals surface area contributed by atoms with E-state index in [-0.39, 0.29) is 0 Å². The van der Waals surface area contributed by atoms with Crippen LogP contribution < -0.4 is 5.32 Å². The Morgan fingerprint density at radius 2 is 2.00 bits per heavy atom. The van der Waals surface area contributed by atoms with Gasteiger partial charge in [0.15, 0.2) is 0 Å². The second-order valence-corrected chi connectivity index (χ2v) is 2.15. The van der Waals surface area contributed by atoms with Crippen molar-refractivity contribution in [3.63, 3.8) is 0 Å². The number of anilines is 1. The largest absolute Gasteiger partial charge is 0.356 e. The van der Waals surface area contributed by atoms with Gasteiger partial charge in [-0.05, 0) is 24.8 Å². The van der Waals surface area contributed by atoms with Crippen molar-refractivity contribution in [2.75, 3.05) is 5.32 Å². The Morgan fingerprint density at radius 1 is 1.36 bits per heavy atom. The Balaban J connectivity index is 2.65. The van der Waals surface area contributed by atoms with Crippen LogP contribution >= 0.6 is 0 Å². The van der Waals surface area contributed by atoms with Crippen molar-refractivity contribution < 1.29 is 0 Å². The molecule has 1 heteroatoms. The molecule has 1 radical (unpaired) electrons. The van der Waals surface area contributed by atoms with Crippen molar-refractivity contribution in [1.29, 1.82) is 0 Å². The lowest BCUT2D eigenvalue weighted by Crippen LogP contribution is -1.93. The first-order chi connectivity index (χ1) is 5.33. The van der Waals surface area contributed by atoms with Crippen LogP contribution in [0.2, 0.25) is 0 Å². The number of benzene rings is 1. The Labute approximate surface area is 67.1 Å². The molecule has 55 valence electrons. The summed E-state index contributed by atoms with van der Waals surface area (Å²) < 4.78 is 0. The average Bonchev–Trinajstić information content (AvgIpc) is 2.06. The van der Waals surface area contributed by atoms with Gasteiger partial charge < -0.3 is 5.32 Å². The minimum Gasteiger partial charge on any atom is -0.356 e. The molecule has 0 saturated carbocycles. The Bertz CT molecular complexity index is 249. The van der Waals surface area contributed by atoms with Gasteiger partial charge in [0.25, 0.3) is 0 Å². The Kier molecular flexibility index (Phi) is 2.50. The fourth-order valence-corrected chi connectivity index (χ4v) is 0.739. The minimum atomic E-state index is 0.566. The molecular weight excluding hydrogens is 134 g/mol. The van der Waals surface area contributed by atoms with Gasteiger partial charge in [0, 0.05) is 11.4 Å². The molecule has 0 unspecified atom stereocenters. The van der Waals surface area contributed by atoms with E-state index in [0.29, 0.717) is 5.70 Å². The van der Waals surface area contributed by atoms with E-state index < -0.39 is 0 Å². The molecule has 1 aromatic carbocycles. The molecule has 0 aliphatic carbocycles. The summed E-state index contributed by atoms with van der Waals surface area (Å²) in [5.41, 5.74) is 1.54. The van der Waals surface area contributed by atoms with E-state index in [9.17, 15) is 0 Å². The molecule has 0 aliphatic rings. The lowest BCUT2D eigenvalue weighted by Gasteiger charge is -2.03. The zero-order chi connectivity index (χ0) is 8.10. The summed E-state index contributed by atoms with van der Waals surface area (Å²) in [6, 6.07) is 9.72. The van der Waals surface area contributed by atoms with Crippen LogP contribution in [0.4, 0.5) is 5.69 Å². The third-order valence-electron chi connectivity index (χ3n) is 1.28. The molecule has 1 nitrogen and oxygen atoms in total. The van der Waals surface area contributed by atoms with Gasteiger partial charge in [-0.15, -0.1) is 0 Å². The van der Waals surface area contributed by atoms with Gasteiger partial charge in [-0.3, -0.25) is 0 Å². The summed E-state index contributed by atoms with van der Waals surface area (Å²) in [4.78, 5) is 0. The average molecular weight is 144 g/mol. The van der Waals surface area contributed by atoms with Crippen LogP contribution in [0, 0.1) is 6.58 Å². The standard InChI is InChI=1S/C10H10N/c1-3-9(2)11-10-7-5-4-6-8-10/h2-8,11H,1H2. The fraction of sp³-hybridized carbons (Fsp3) is 0. The Hall–Kier alpha value is -1.50. The van der Waals surface area contributed by atoms with Crippen LogP contribution in [-0.2, 0) is 0 Å². The molecule has 0 spiro atoms. The minimum absolute atomic E-state index is 0.566. The van der Waals surface area contributed by atoms with E-state index in [1.807, 2.05) is 30.3 Å². The van der Waals surface area contributed by atoms with Gasteiger partial charge in [0.05, 0.1) is 0 Å². The third kappa shape index (κ3) is 2.30. The van der Waals surface area contributed by atoms with E-state index in [1.165, 1.54) is 0 Å². The molecule has 0 bridgehead atoms. The zero-order valence-electron chi connectivity index (χ0n) is 6.25. The van der Waals surface area contributed by atoms with E-state index in [2.05, 4.69) is 11.9 Å². The van der Waals surface area contributed by atoms with E-state index in [4.69, 9.17) is 6.58 Å². The van der Waals surface area contributed by atoms with Crippen molar-refractivity contribution >= 4 is 5.69 Å². The smallest absolute Gasteiger partial charge is 0.0384 e. The second-order valence-electron chi connectivity index (χ2n) is 2.15. The fourth-order valence-electron chi connectivity index (χ4n) is 0.739. The maximum atomic E-state index is 5.49. The molecule has 1 rings (SSSR count). The van der Waals surface area contributed by atoms with E-state index >= 15 is 0 Å². The van der Waals surface area contributed by atoms with Crippen LogP contribution in [0.15, 0.2) is 48.7 Å². The SMILES string of the molecule is [CH]=C(C=C)Nc1ccccc1. The van der Waals surface area contributed by atoms with Gasteiger partial charge in [-0.2, -0.15) is 0 Å². The van der Waals surface area contributed by atoms with Crippen LogP contribution in [0.1, 0.15) is 0 Å². The van der Waals surface area contributed by atoms with Gasteiger partial charge in [0.2, 0.25) is 0 Å². The van der Waals surface area contributed by atoms with Crippen molar-refractivity contribution in [3.8, 4) is 0 Å². The maximum absolute atomic E-state index is 5.49. The van der Waals surface area contributed by atoms with Crippen molar-refractivity contribution in [2.24, 2.45) is 0 Å². The van der Waals surface area contributed by atoms with Crippen LogP contribution in [0.25, 0.3) is 0 Å². The molecule has 0 heterocycles. The molecule has 0 atom stereocenters. The predicted octanol–water partition coefficient (Wildman–Crippen LogP) is 2.60. The molecule has 1 N–H and O–H groups in total. The molecular formula is C10H10N. The molecule has 0 aliphatic heterocycles. The van der Waals surface area contributed by atoms with Crippen molar-refractivity contribution in [1.82, 2.24) is 0 Å². The van der Waals surface area contributed by atoms with E-state index in [1.54, 1.807) is 6.08 Å². The topological polar surface area (TPSA) is 12.0 Å². The van der Waals surface area contributed by atoms with Gasteiger partial charge in [-0.25, -0.2) is 0 Å². The molecule has 11 heavy (non-hydrogen) atoms. The van der Waals surface area contributed by atoms with Gasteiger partial charge in [0.1, 0.15) is 0 Å². The third-order valence-corrected chi connectivity index (χ3v) is 1.28. The molecule has 0 amide bonds. The summed E-state index contributed by atoms with van der Waals surface area (Å²) in [5.74, 6) is 0. The summed E-state index contributed by atoms with van der Waals surface area (Å²) in [7, 11) is 0. The molecule has 1 aromatic rings. The van der Waals surface area contributed by atoms with Crippen LogP contribution in [-0.4, -0.2) is 0 Å². The monoisotopic (exact) mass is 144 g/mol. The van der Waals surface area contributed by atoms with Gasteiger partial charge in [-0.1, -0.05) is 24.8 Å². The highest BCUT2D eigenvalue weighted by atomic mass is 14.9. The number of allylic oxidation sites excluding steroid dienone is 1. The summed E-state index contributed by atoms with van der Waals surface area (Å²) in [6.07, 6.45) is 1.58. The number of hydrogen-bond acceptors (Lipinski definition) is 1. The van der Waals surface area contributed by atoms with Crippen molar-refractivity contribution in [2.45, 2.75) is 0 Å². The molecule has 0 fully saturated rings. The van der Waals surface area contributed by atoms with Gasteiger partial charge >= 0.3 is 0 Å². The molecule has 0 aromatic heterocycles. The first-order valence-electron chi connectivity index (χ1n) is 3.40. The van der Waals surface area contributed by atoms with E-state index in [0.717, 1.165) is 5.69 Å². The predicted molar refractivity (Wildman–Crippen MR) is 48.1 cm³/mol. The lowest BCUT2D eigenvalue weighted by molar-refractivity contribution is 1.49. The first-order valence-corrected chi connectivity index (χ1v) is 3.40. The van der Waals surface area contributed by atoms with Crippen LogP contribution in [0.5, 0.6) is 0 Å². The normalized spacial score (nSPS) is 8.73. The summed E-state index contributed by atoms with van der Waals surface area (Å²) in [5, 5.41) is 2.97. The first kappa shape index (κ1) is 7.61. The molecule has 0 saturated heterocycles. The number of hydrogen-bond donors (Lipinski definition) is 1. The highest BCUT2D eigenvalue weighted by Gasteiger charge is 1.87. The van der Waals surface area contributed by atoms with Crippen molar-refractivity contribution in [3.05, 3.63) is 55.3 Å². The number of rotatable bonds is 3. The second kappa shape index (κ2) is 3.62. The van der Waals surface area contributed by atoms with Crippen LogP contribution in [0.3, 0.4) is 0 Å². The Morgan fingerprint density at radius 3 is 2.55 bits per heavy atom. The quantitative estimate of drug-likeness (QED) is 0.643. The maximum Gasteiger partial charge on any atom is 0.0384 e. The lowest BCUT2D eigenvalue weighted by atomic mass is 10.3. The zero-order valence-corrected chi connectivity index (χ0v) is 6.25. The highest BCUT2D eigenvalue weighted by molar-refractivity contribution is 5.48. The summed E-state index contributed by atoms with van der Waals surface area (Å²) in [6.45, 7) is 9.02. The highest BCUT2D eigenvalue weighted by Crippen LogP contribution is 2.07. The number of nitrogens with one attached hydrogen (secondary N) is 1.